The van der Waals surface area contributed by atoms with Crippen molar-refractivity contribution in [3.05, 3.63) is 46.0 Å². The van der Waals surface area contributed by atoms with Crippen molar-refractivity contribution in [1.29, 1.82) is 0 Å². The second-order valence-electron chi connectivity index (χ2n) is 3.86. The van der Waals surface area contributed by atoms with Crippen LogP contribution in [0, 0.1) is 6.92 Å². The summed E-state index contributed by atoms with van der Waals surface area (Å²) >= 11 is 1.67. The van der Waals surface area contributed by atoms with Gasteiger partial charge in [0, 0.05) is 23.4 Å². The van der Waals surface area contributed by atoms with E-state index in [9.17, 15) is 4.79 Å². The van der Waals surface area contributed by atoms with Gasteiger partial charge in [-0.2, -0.15) is 0 Å². The molecule has 2 aromatic rings. The van der Waals surface area contributed by atoms with Crippen LogP contribution in [0.25, 0.3) is 0 Å². The van der Waals surface area contributed by atoms with Gasteiger partial charge < -0.3 is 14.5 Å². The second-order valence-corrected chi connectivity index (χ2v) is 5.18. The highest BCUT2D eigenvalue weighted by molar-refractivity contribution is 7.12. The van der Waals surface area contributed by atoms with Crippen LogP contribution in [0.5, 0.6) is 0 Å². The van der Waals surface area contributed by atoms with E-state index in [4.69, 9.17) is 9.15 Å². The van der Waals surface area contributed by atoms with Gasteiger partial charge in [0.2, 0.25) is 0 Å². The van der Waals surface area contributed by atoms with Crippen LogP contribution in [-0.2, 0) is 4.74 Å². The highest BCUT2D eigenvalue weighted by atomic mass is 32.1. The maximum absolute atomic E-state index is 11.7. The van der Waals surface area contributed by atoms with Gasteiger partial charge in [-0.25, -0.2) is 0 Å². The molecule has 0 saturated heterocycles. The number of methoxy groups -OCH3 is 1. The Balaban J connectivity index is 1.94. The molecule has 2 heterocycles. The number of rotatable bonds is 5. The lowest BCUT2D eigenvalue weighted by atomic mass is 10.2. The first-order valence-electron chi connectivity index (χ1n) is 5.61. The van der Waals surface area contributed by atoms with Crippen LogP contribution in [-0.4, -0.2) is 19.6 Å². The highest BCUT2D eigenvalue weighted by Gasteiger charge is 2.15. The van der Waals surface area contributed by atoms with Crippen molar-refractivity contribution >= 4 is 17.2 Å². The lowest BCUT2D eigenvalue weighted by molar-refractivity contribution is 0.0816. The molecule has 0 aliphatic rings. The molecule has 0 radical (unpaired) electrons. The summed E-state index contributed by atoms with van der Waals surface area (Å²) in [5.41, 5.74) is 0. The lowest BCUT2D eigenvalue weighted by Gasteiger charge is -2.13. The minimum atomic E-state index is -0.227. The van der Waals surface area contributed by atoms with E-state index in [-0.39, 0.29) is 12.0 Å². The zero-order valence-electron chi connectivity index (χ0n) is 10.3. The third-order valence-corrected chi connectivity index (χ3v) is 3.65. The molecule has 0 saturated carbocycles. The largest absolute Gasteiger partial charge is 0.459 e. The third kappa shape index (κ3) is 3.00. The fourth-order valence-corrected chi connectivity index (χ4v) is 2.56. The van der Waals surface area contributed by atoms with E-state index < -0.39 is 0 Å². The summed E-state index contributed by atoms with van der Waals surface area (Å²) in [6, 6.07) is 7.38. The molecule has 0 aliphatic carbocycles. The summed E-state index contributed by atoms with van der Waals surface area (Å²) < 4.78 is 10.4. The van der Waals surface area contributed by atoms with Crippen LogP contribution < -0.4 is 5.32 Å². The molecule has 1 atom stereocenters. The molecular formula is C13H15NO3S. The topological polar surface area (TPSA) is 51.5 Å². The van der Waals surface area contributed by atoms with Crippen molar-refractivity contribution in [2.75, 3.05) is 13.7 Å². The van der Waals surface area contributed by atoms with E-state index in [1.165, 1.54) is 11.1 Å². The molecule has 5 heteroatoms. The van der Waals surface area contributed by atoms with E-state index >= 15 is 0 Å². The third-order valence-electron chi connectivity index (χ3n) is 2.56. The number of amides is 1. The van der Waals surface area contributed by atoms with Gasteiger partial charge in [-0.05, 0) is 31.2 Å². The minimum absolute atomic E-state index is 0.123. The van der Waals surface area contributed by atoms with Gasteiger partial charge in [0.15, 0.2) is 5.76 Å². The molecule has 0 spiro atoms. The number of aryl methyl sites for hydroxylation is 1. The van der Waals surface area contributed by atoms with Crippen molar-refractivity contribution in [1.82, 2.24) is 5.32 Å². The molecule has 2 aromatic heterocycles. The first kappa shape index (κ1) is 12.9. The van der Waals surface area contributed by atoms with Gasteiger partial charge in [0.05, 0.1) is 6.26 Å². The SMILES string of the molecule is COC(CNC(=O)c1ccco1)c1ccc(C)s1. The molecule has 1 unspecified atom stereocenters. The number of carbonyl (C=O) groups excluding carboxylic acids is 1. The van der Waals surface area contributed by atoms with Crippen molar-refractivity contribution in [2.24, 2.45) is 0 Å². The Labute approximate surface area is 110 Å². The Morgan fingerprint density at radius 3 is 2.89 bits per heavy atom. The van der Waals surface area contributed by atoms with Crippen LogP contribution in [0.1, 0.15) is 26.4 Å². The van der Waals surface area contributed by atoms with Crippen molar-refractivity contribution in [3.8, 4) is 0 Å². The number of thiophene rings is 1. The molecule has 0 bridgehead atoms. The molecular weight excluding hydrogens is 250 g/mol. The summed E-state index contributed by atoms with van der Waals surface area (Å²) in [4.78, 5) is 14.0. The van der Waals surface area contributed by atoms with Crippen LogP contribution in [0.4, 0.5) is 0 Å². The smallest absolute Gasteiger partial charge is 0.287 e. The number of furan rings is 1. The molecule has 96 valence electrons. The van der Waals surface area contributed by atoms with Crippen LogP contribution in [0.15, 0.2) is 34.9 Å². The average molecular weight is 265 g/mol. The van der Waals surface area contributed by atoms with E-state index in [2.05, 4.69) is 5.32 Å². The fraction of sp³-hybridized carbons (Fsp3) is 0.308. The Bertz CT molecular complexity index is 504. The van der Waals surface area contributed by atoms with Gasteiger partial charge in [0.1, 0.15) is 6.10 Å². The summed E-state index contributed by atoms with van der Waals surface area (Å²) in [5, 5.41) is 2.79. The number of hydrogen-bond acceptors (Lipinski definition) is 4. The van der Waals surface area contributed by atoms with Crippen LogP contribution in [0.3, 0.4) is 0 Å². The fourth-order valence-electron chi connectivity index (χ4n) is 1.61. The zero-order chi connectivity index (χ0) is 13.0. The Kier molecular flexibility index (Phi) is 4.17. The first-order chi connectivity index (χ1) is 8.70. The average Bonchev–Trinajstić information content (AvgIpc) is 3.01. The molecule has 1 N–H and O–H groups in total. The van der Waals surface area contributed by atoms with E-state index in [0.29, 0.717) is 12.3 Å². The normalized spacial score (nSPS) is 12.3. The standard InChI is InChI=1S/C13H15NO3S/c1-9-5-6-12(18-9)11(16-2)8-14-13(15)10-4-3-7-17-10/h3-7,11H,8H2,1-2H3,(H,14,15). The van der Waals surface area contributed by atoms with Crippen molar-refractivity contribution in [3.63, 3.8) is 0 Å². The van der Waals surface area contributed by atoms with Gasteiger partial charge in [0.25, 0.3) is 5.91 Å². The minimum Gasteiger partial charge on any atom is -0.459 e. The second kappa shape index (κ2) is 5.84. The summed E-state index contributed by atoms with van der Waals surface area (Å²) in [6.45, 7) is 2.47. The highest BCUT2D eigenvalue weighted by Crippen LogP contribution is 2.24. The van der Waals surface area contributed by atoms with Crippen LogP contribution >= 0.6 is 11.3 Å². The van der Waals surface area contributed by atoms with Crippen LogP contribution in [0.2, 0.25) is 0 Å². The van der Waals surface area contributed by atoms with E-state index in [1.54, 1.807) is 30.6 Å². The van der Waals surface area contributed by atoms with Gasteiger partial charge >= 0.3 is 0 Å². The maximum Gasteiger partial charge on any atom is 0.287 e. The van der Waals surface area contributed by atoms with E-state index in [1.807, 2.05) is 19.1 Å². The molecule has 0 aromatic carbocycles. The molecule has 1 amide bonds. The van der Waals surface area contributed by atoms with Gasteiger partial charge in [-0.15, -0.1) is 11.3 Å². The predicted molar refractivity (Wildman–Crippen MR) is 69.8 cm³/mol. The number of ether oxygens (including phenoxy) is 1. The monoisotopic (exact) mass is 265 g/mol. The van der Waals surface area contributed by atoms with Gasteiger partial charge in [-0.3, -0.25) is 4.79 Å². The first-order valence-corrected chi connectivity index (χ1v) is 6.43. The number of nitrogens with one attached hydrogen (secondary N) is 1. The quantitative estimate of drug-likeness (QED) is 0.904. The Morgan fingerprint density at radius 2 is 2.33 bits per heavy atom. The van der Waals surface area contributed by atoms with Gasteiger partial charge in [-0.1, -0.05) is 0 Å². The summed E-state index contributed by atoms with van der Waals surface area (Å²) in [7, 11) is 1.64. The molecule has 2 rings (SSSR count). The predicted octanol–water partition coefficient (Wildman–Crippen LogP) is 2.77. The maximum atomic E-state index is 11.7. The van der Waals surface area contributed by atoms with Crippen molar-refractivity contribution < 1.29 is 13.9 Å². The van der Waals surface area contributed by atoms with Crippen molar-refractivity contribution in [2.45, 2.75) is 13.0 Å². The number of hydrogen-bond donors (Lipinski definition) is 1. The molecule has 4 nitrogen and oxygen atoms in total. The Hall–Kier alpha value is -1.59. The zero-order valence-corrected chi connectivity index (χ0v) is 11.1. The number of carbonyl (C=O) groups is 1. The molecule has 18 heavy (non-hydrogen) atoms. The summed E-state index contributed by atoms with van der Waals surface area (Å²) in [5.74, 6) is 0.0857. The molecule has 0 fully saturated rings. The Morgan fingerprint density at radius 1 is 1.50 bits per heavy atom. The molecule has 0 aliphatic heterocycles. The van der Waals surface area contributed by atoms with E-state index in [0.717, 1.165) is 4.88 Å². The summed E-state index contributed by atoms with van der Waals surface area (Å²) in [6.07, 6.45) is 1.35. The lowest BCUT2D eigenvalue weighted by Crippen LogP contribution is -2.28.